The van der Waals surface area contributed by atoms with E-state index in [1.807, 2.05) is 0 Å². The fourth-order valence-corrected chi connectivity index (χ4v) is 1.01. The second-order valence-corrected chi connectivity index (χ2v) is 2.91. The molecule has 0 spiro atoms. The number of hydrogen-bond donors (Lipinski definition) is 0. The van der Waals surface area contributed by atoms with Crippen molar-refractivity contribution in [1.82, 2.24) is 4.98 Å². The van der Waals surface area contributed by atoms with E-state index >= 15 is 0 Å². The maximum absolute atomic E-state index is 12.7. The SMILES string of the molecule is Fc1cc(Br)nc(F)c1OC(F)(F)F. The van der Waals surface area contributed by atoms with E-state index < -0.39 is 23.9 Å². The monoisotopic (exact) mass is 277 g/mol. The number of nitrogens with zero attached hydrogens (tertiary/aromatic N) is 1. The molecule has 1 aromatic rings. The normalized spacial score (nSPS) is 11.6. The summed E-state index contributed by atoms with van der Waals surface area (Å²) in [6.45, 7) is 0. The van der Waals surface area contributed by atoms with Crippen molar-refractivity contribution in [1.29, 1.82) is 0 Å². The zero-order valence-corrected chi connectivity index (χ0v) is 7.79. The average Bonchev–Trinajstić information content (AvgIpc) is 1.95. The van der Waals surface area contributed by atoms with Crippen molar-refractivity contribution in [3.8, 4) is 5.75 Å². The summed E-state index contributed by atoms with van der Waals surface area (Å²) in [7, 11) is 0. The molecule has 0 N–H and O–H groups in total. The van der Waals surface area contributed by atoms with Gasteiger partial charge in [-0.25, -0.2) is 9.37 Å². The largest absolute Gasteiger partial charge is 0.573 e. The van der Waals surface area contributed by atoms with Crippen LogP contribution in [0, 0.1) is 11.8 Å². The Balaban J connectivity index is 3.09. The van der Waals surface area contributed by atoms with Gasteiger partial charge in [0.15, 0.2) is 5.82 Å². The molecule has 0 unspecified atom stereocenters. The molecule has 0 aliphatic rings. The molecular formula is C6HBrF5NO. The fourth-order valence-electron chi connectivity index (χ4n) is 0.652. The van der Waals surface area contributed by atoms with Crippen LogP contribution in [0.2, 0.25) is 0 Å². The Morgan fingerprint density at radius 3 is 2.29 bits per heavy atom. The molecule has 78 valence electrons. The van der Waals surface area contributed by atoms with E-state index in [1.54, 1.807) is 0 Å². The van der Waals surface area contributed by atoms with Gasteiger partial charge in [0.2, 0.25) is 5.75 Å². The fraction of sp³-hybridized carbons (Fsp3) is 0.167. The van der Waals surface area contributed by atoms with E-state index in [-0.39, 0.29) is 4.60 Å². The molecule has 0 aliphatic heterocycles. The first-order valence-electron chi connectivity index (χ1n) is 3.07. The third kappa shape index (κ3) is 2.79. The van der Waals surface area contributed by atoms with Gasteiger partial charge < -0.3 is 4.74 Å². The second-order valence-electron chi connectivity index (χ2n) is 2.09. The number of halogens is 6. The van der Waals surface area contributed by atoms with E-state index in [1.165, 1.54) is 0 Å². The molecule has 14 heavy (non-hydrogen) atoms. The van der Waals surface area contributed by atoms with Crippen LogP contribution in [-0.2, 0) is 0 Å². The summed E-state index contributed by atoms with van der Waals surface area (Å²) in [5.74, 6) is -4.73. The Morgan fingerprint density at radius 1 is 1.29 bits per heavy atom. The Hall–Kier alpha value is -0.920. The minimum Gasteiger partial charge on any atom is -0.398 e. The first-order valence-corrected chi connectivity index (χ1v) is 3.86. The van der Waals surface area contributed by atoms with Crippen molar-refractivity contribution in [2.45, 2.75) is 6.36 Å². The predicted octanol–water partition coefficient (Wildman–Crippen LogP) is 3.02. The van der Waals surface area contributed by atoms with Crippen molar-refractivity contribution in [3.63, 3.8) is 0 Å². The zero-order chi connectivity index (χ0) is 10.9. The summed E-state index contributed by atoms with van der Waals surface area (Å²) < 4.78 is 63.0. The Kier molecular flexibility index (Phi) is 2.93. The lowest BCUT2D eigenvalue weighted by atomic mass is 10.4. The molecule has 0 saturated heterocycles. The summed E-state index contributed by atoms with van der Waals surface area (Å²) in [5.41, 5.74) is 0. The van der Waals surface area contributed by atoms with Crippen LogP contribution in [0.4, 0.5) is 22.0 Å². The van der Waals surface area contributed by atoms with Crippen molar-refractivity contribution in [2.24, 2.45) is 0 Å². The number of pyridine rings is 1. The molecule has 0 saturated carbocycles. The summed E-state index contributed by atoms with van der Waals surface area (Å²) in [4.78, 5) is 2.90. The van der Waals surface area contributed by atoms with Gasteiger partial charge in [-0.3, -0.25) is 0 Å². The summed E-state index contributed by atoms with van der Waals surface area (Å²) in [5, 5.41) is 0. The lowest BCUT2D eigenvalue weighted by Crippen LogP contribution is -2.19. The van der Waals surface area contributed by atoms with Crippen LogP contribution in [0.5, 0.6) is 5.75 Å². The van der Waals surface area contributed by atoms with Gasteiger partial charge in [-0.05, 0) is 15.9 Å². The van der Waals surface area contributed by atoms with Gasteiger partial charge in [-0.15, -0.1) is 13.2 Å². The standard InChI is InChI=1S/C6HBrF5NO/c7-3-1-2(8)4(5(9)13-3)14-6(10,11)12/h1H. The minimum absolute atomic E-state index is 0.262. The summed E-state index contributed by atoms with van der Waals surface area (Å²) in [6, 6.07) is 0.560. The lowest BCUT2D eigenvalue weighted by Gasteiger charge is -2.09. The van der Waals surface area contributed by atoms with E-state index in [2.05, 4.69) is 25.7 Å². The van der Waals surface area contributed by atoms with Gasteiger partial charge >= 0.3 is 6.36 Å². The molecule has 0 radical (unpaired) electrons. The lowest BCUT2D eigenvalue weighted by molar-refractivity contribution is -0.276. The highest BCUT2D eigenvalue weighted by molar-refractivity contribution is 9.10. The van der Waals surface area contributed by atoms with Crippen LogP contribution >= 0.6 is 15.9 Å². The molecule has 0 amide bonds. The molecule has 1 heterocycles. The maximum atomic E-state index is 12.7. The minimum atomic E-state index is -5.16. The Morgan fingerprint density at radius 2 is 1.86 bits per heavy atom. The second kappa shape index (κ2) is 3.68. The number of rotatable bonds is 1. The van der Waals surface area contributed by atoms with E-state index in [0.717, 1.165) is 0 Å². The third-order valence-electron chi connectivity index (χ3n) is 1.07. The first kappa shape index (κ1) is 11.2. The molecule has 0 bridgehead atoms. The summed E-state index contributed by atoms with van der Waals surface area (Å²) in [6.07, 6.45) is -5.16. The quantitative estimate of drug-likeness (QED) is 0.582. The molecule has 0 aromatic carbocycles. The summed E-state index contributed by atoms with van der Waals surface area (Å²) >= 11 is 2.60. The first-order chi connectivity index (χ1) is 6.29. The third-order valence-corrected chi connectivity index (χ3v) is 1.48. The highest BCUT2D eigenvalue weighted by Crippen LogP contribution is 2.28. The van der Waals surface area contributed by atoms with Crippen LogP contribution in [0.25, 0.3) is 0 Å². The van der Waals surface area contributed by atoms with Gasteiger partial charge in [-0.1, -0.05) is 0 Å². The van der Waals surface area contributed by atoms with Crippen molar-refractivity contribution in [3.05, 3.63) is 22.4 Å². The van der Waals surface area contributed by atoms with Gasteiger partial charge in [0.1, 0.15) is 4.60 Å². The maximum Gasteiger partial charge on any atom is 0.573 e. The molecule has 1 aromatic heterocycles. The molecule has 1 rings (SSSR count). The predicted molar refractivity (Wildman–Crippen MR) is 38.5 cm³/mol. The average molecular weight is 278 g/mol. The molecular weight excluding hydrogens is 277 g/mol. The van der Waals surface area contributed by atoms with Gasteiger partial charge in [0, 0.05) is 6.07 Å². The van der Waals surface area contributed by atoms with E-state index in [9.17, 15) is 22.0 Å². The highest BCUT2D eigenvalue weighted by atomic mass is 79.9. The number of alkyl halides is 3. The molecule has 8 heteroatoms. The van der Waals surface area contributed by atoms with E-state index in [0.29, 0.717) is 6.07 Å². The molecule has 0 fully saturated rings. The topological polar surface area (TPSA) is 22.1 Å². The van der Waals surface area contributed by atoms with Crippen LogP contribution in [0.15, 0.2) is 10.7 Å². The van der Waals surface area contributed by atoms with Crippen LogP contribution < -0.4 is 4.74 Å². The van der Waals surface area contributed by atoms with Crippen molar-refractivity contribution < 1.29 is 26.7 Å². The van der Waals surface area contributed by atoms with Crippen LogP contribution in [0.3, 0.4) is 0 Å². The van der Waals surface area contributed by atoms with Gasteiger partial charge in [0.05, 0.1) is 0 Å². The van der Waals surface area contributed by atoms with Crippen molar-refractivity contribution >= 4 is 15.9 Å². The Bertz CT molecular complexity index is 330. The van der Waals surface area contributed by atoms with Crippen molar-refractivity contribution in [2.75, 3.05) is 0 Å². The molecule has 0 aliphatic carbocycles. The molecule has 0 atom stereocenters. The Labute approximate surface area is 82.8 Å². The van der Waals surface area contributed by atoms with E-state index in [4.69, 9.17) is 0 Å². The number of aromatic nitrogens is 1. The number of ether oxygens (including phenoxy) is 1. The van der Waals surface area contributed by atoms with Crippen LogP contribution in [-0.4, -0.2) is 11.3 Å². The zero-order valence-electron chi connectivity index (χ0n) is 6.20. The van der Waals surface area contributed by atoms with Gasteiger partial charge in [-0.2, -0.15) is 4.39 Å². The number of hydrogen-bond acceptors (Lipinski definition) is 2. The van der Waals surface area contributed by atoms with Gasteiger partial charge in [0.25, 0.3) is 5.95 Å². The van der Waals surface area contributed by atoms with Crippen LogP contribution in [0.1, 0.15) is 0 Å². The highest BCUT2D eigenvalue weighted by Gasteiger charge is 2.34. The molecule has 2 nitrogen and oxygen atoms in total. The smallest absolute Gasteiger partial charge is 0.398 e.